The van der Waals surface area contributed by atoms with Crippen molar-refractivity contribution in [1.82, 2.24) is 0 Å². The highest BCUT2D eigenvalue weighted by molar-refractivity contribution is 9.11. The second kappa shape index (κ2) is 2.32. The molecule has 0 saturated heterocycles. The van der Waals surface area contributed by atoms with Crippen LogP contribution in [0, 0.1) is 0 Å². The molecule has 0 aliphatic heterocycles. The molecule has 1 saturated carbocycles. The first kappa shape index (κ1) is 6.83. The molecule has 2 rings (SSSR count). The van der Waals surface area contributed by atoms with Gasteiger partial charge in [0.1, 0.15) is 0 Å². The maximum Gasteiger partial charge on any atom is 0.0701 e. The Labute approximate surface area is 72.4 Å². The predicted octanol–water partition coefficient (Wildman–Crippen LogP) is 2.33. The molecule has 0 unspecified atom stereocenters. The largest absolute Gasteiger partial charge is 0.327 e. The van der Waals surface area contributed by atoms with E-state index in [0.717, 1.165) is 0 Å². The summed E-state index contributed by atoms with van der Waals surface area (Å²) in [5, 5.41) is 2.18. The van der Waals surface area contributed by atoms with Gasteiger partial charge >= 0.3 is 0 Å². The smallest absolute Gasteiger partial charge is 0.0701 e. The third kappa shape index (κ3) is 1.13. The van der Waals surface area contributed by atoms with E-state index < -0.39 is 0 Å². The topological polar surface area (TPSA) is 26.0 Å². The number of thiophene rings is 1. The number of hydrogen-bond acceptors (Lipinski definition) is 2. The molecule has 3 heteroatoms. The lowest BCUT2D eigenvalue weighted by molar-refractivity contribution is 0.995. The monoisotopic (exact) mass is 217 g/mol. The minimum Gasteiger partial charge on any atom is -0.327 e. The van der Waals surface area contributed by atoms with E-state index in [9.17, 15) is 0 Å². The molecule has 2 atom stereocenters. The molecule has 1 fully saturated rings. The average molecular weight is 218 g/mol. The zero-order chi connectivity index (χ0) is 7.14. The van der Waals surface area contributed by atoms with Crippen molar-refractivity contribution in [3.8, 4) is 0 Å². The molecule has 1 aromatic heterocycles. The lowest BCUT2D eigenvalue weighted by Crippen LogP contribution is -1.99. The summed E-state index contributed by atoms with van der Waals surface area (Å²) in [5.41, 5.74) is 7.10. The third-order valence-electron chi connectivity index (χ3n) is 1.86. The highest BCUT2D eigenvalue weighted by Crippen LogP contribution is 2.41. The van der Waals surface area contributed by atoms with Gasteiger partial charge in [0.25, 0.3) is 0 Å². The first-order chi connectivity index (χ1) is 4.77. The summed E-state index contributed by atoms with van der Waals surface area (Å²) in [4.78, 5) is 0. The molecule has 10 heavy (non-hydrogen) atoms. The average Bonchev–Trinajstić information content (AvgIpc) is 2.42. The Balaban J connectivity index is 2.20. The fraction of sp³-hybridized carbons (Fsp3) is 0.429. The van der Waals surface area contributed by atoms with Crippen LogP contribution in [0.2, 0.25) is 0 Å². The lowest BCUT2D eigenvalue weighted by Gasteiger charge is -1.87. The van der Waals surface area contributed by atoms with Crippen LogP contribution in [0.4, 0.5) is 0 Å². The molecule has 0 spiro atoms. The van der Waals surface area contributed by atoms with Gasteiger partial charge < -0.3 is 5.73 Å². The highest BCUT2D eigenvalue weighted by Gasteiger charge is 2.35. The van der Waals surface area contributed by atoms with Gasteiger partial charge in [-0.2, -0.15) is 0 Å². The zero-order valence-electron chi connectivity index (χ0n) is 5.38. The quantitative estimate of drug-likeness (QED) is 0.769. The van der Waals surface area contributed by atoms with Crippen LogP contribution in [0.15, 0.2) is 15.2 Å². The van der Waals surface area contributed by atoms with Crippen molar-refractivity contribution in [2.45, 2.75) is 18.4 Å². The van der Waals surface area contributed by atoms with Gasteiger partial charge in [-0.25, -0.2) is 0 Å². The maximum absolute atomic E-state index is 5.70. The van der Waals surface area contributed by atoms with Crippen molar-refractivity contribution in [1.29, 1.82) is 0 Å². The van der Waals surface area contributed by atoms with Crippen molar-refractivity contribution < 1.29 is 0 Å². The molecule has 1 aromatic rings. The number of nitrogens with two attached hydrogens (primary N) is 1. The van der Waals surface area contributed by atoms with E-state index in [2.05, 4.69) is 27.4 Å². The van der Waals surface area contributed by atoms with Gasteiger partial charge in [0.2, 0.25) is 0 Å². The molecular formula is C7H8BrNS. The fourth-order valence-electron chi connectivity index (χ4n) is 1.12. The second-order valence-corrected chi connectivity index (χ2v) is 4.98. The summed E-state index contributed by atoms with van der Waals surface area (Å²) >= 11 is 5.16. The molecule has 1 heterocycles. The molecule has 1 aliphatic carbocycles. The number of halogens is 1. The summed E-state index contributed by atoms with van der Waals surface area (Å²) in [6.07, 6.45) is 1.17. The van der Waals surface area contributed by atoms with Crippen LogP contribution in [-0.2, 0) is 0 Å². The molecule has 2 N–H and O–H groups in total. The van der Waals surface area contributed by atoms with Crippen LogP contribution in [-0.4, -0.2) is 6.04 Å². The fourth-order valence-corrected chi connectivity index (χ4v) is 2.36. The lowest BCUT2D eigenvalue weighted by atomic mass is 10.2. The van der Waals surface area contributed by atoms with E-state index in [1.54, 1.807) is 11.3 Å². The van der Waals surface area contributed by atoms with Crippen molar-refractivity contribution in [2.75, 3.05) is 0 Å². The second-order valence-electron chi connectivity index (χ2n) is 2.69. The Bertz CT molecular complexity index is 246. The summed E-state index contributed by atoms with van der Waals surface area (Å²) in [5.74, 6) is 0.655. The van der Waals surface area contributed by atoms with E-state index in [4.69, 9.17) is 5.73 Å². The highest BCUT2D eigenvalue weighted by atomic mass is 79.9. The van der Waals surface area contributed by atoms with Gasteiger partial charge in [-0.1, -0.05) is 0 Å². The van der Waals surface area contributed by atoms with Crippen LogP contribution in [0.3, 0.4) is 0 Å². The van der Waals surface area contributed by atoms with E-state index in [1.165, 1.54) is 15.8 Å². The molecule has 1 aliphatic rings. The van der Waals surface area contributed by atoms with Crippen molar-refractivity contribution in [3.63, 3.8) is 0 Å². The van der Waals surface area contributed by atoms with E-state index in [0.29, 0.717) is 12.0 Å². The number of rotatable bonds is 1. The SMILES string of the molecule is N[C@@H]1C[C@H]1c1csc(Br)c1. The minimum atomic E-state index is 0.432. The zero-order valence-corrected chi connectivity index (χ0v) is 7.78. The minimum absolute atomic E-state index is 0.432. The van der Waals surface area contributed by atoms with E-state index >= 15 is 0 Å². The maximum atomic E-state index is 5.70. The third-order valence-corrected chi connectivity index (χ3v) is 3.38. The molecule has 1 nitrogen and oxygen atoms in total. The Morgan fingerprint density at radius 2 is 2.40 bits per heavy atom. The summed E-state index contributed by atoms with van der Waals surface area (Å²) in [7, 11) is 0. The van der Waals surface area contributed by atoms with Gasteiger partial charge in [0, 0.05) is 12.0 Å². The molecule has 0 radical (unpaired) electrons. The summed E-state index contributed by atoms with van der Waals surface area (Å²) in [6, 6.07) is 2.60. The summed E-state index contributed by atoms with van der Waals surface area (Å²) in [6.45, 7) is 0. The van der Waals surface area contributed by atoms with Gasteiger partial charge in [-0.15, -0.1) is 11.3 Å². The van der Waals surface area contributed by atoms with E-state index in [1.807, 2.05) is 0 Å². The van der Waals surface area contributed by atoms with Gasteiger partial charge in [-0.05, 0) is 39.4 Å². The van der Waals surface area contributed by atoms with Crippen LogP contribution in [0.1, 0.15) is 17.9 Å². The van der Waals surface area contributed by atoms with Gasteiger partial charge in [-0.3, -0.25) is 0 Å². The van der Waals surface area contributed by atoms with Gasteiger partial charge in [0.05, 0.1) is 3.79 Å². The molecule has 0 bridgehead atoms. The van der Waals surface area contributed by atoms with Crippen LogP contribution >= 0.6 is 27.3 Å². The first-order valence-corrected chi connectivity index (χ1v) is 4.94. The Morgan fingerprint density at radius 1 is 1.70 bits per heavy atom. The first-order valence-electron chi connectivity index (χ1n) is 3.27. The molecule has 0 amide bonds. The van der Waals surface area contributed by atoms with Crippen molar-refractivity contribution in [2.24, 2.45) is 5.73 Å². The van der Waals surface area contributed by atoms with Crippen LogP contribution in [0.5, 0.6) is 0 Å². The van der Waals surface area contributed by atoms with E-state index in [-0.39, 0.29) is 0 Å². The summed E-state index contributed by atoms with van der Waals surface area (Å²) < 4.78 is 1.21. The molecular weight excluding hydrogens is 210 g/mol. The molecule has 0 aromatic carbocycles. The van der Waals surface area contributed by atoms with Crippen molar-refractivity contribution >= 4 is 27.3 Å². The predicted molar refractivity (Wildman–Crippen MR) is 47.4 cm³/mol. The van der Waals surface area contributed by atoms with Gasteiger partial charge in [0.15, 0.2) is 0 Å². The standard InChI is InChI=1S/C7H8BrNS/c8-7-1-4(3-10-7)5-2-6(5)9/h1,3,5-6H,2,9H2/t5-,6+/m0/s1. The number of hydrogen-bond donors (Lipinski definition) is 1. The Hall–Kier alpha value is 0.140. The normalized spacial score (nSPS) is 30.6. The molecule has 54 valence electrons. The van der Waals surface area contributed by atoms with Crippen molar-refractivity contribution in [3.05, 3.63) is 20.8 Å². The van der Waals surface area contributed by atoms with Crippen LogP contribution in [0.25, 0.3) is 0 Å². The Kier molecular flexibility index (Phi) is 1.59. The van der Waals surface area contributed by atoms with Crippen LogP contribution < -0.4 is 5.73 Å². The Morgan fingerprint density at radius 3 is 2.80 bits per heavy atom.